The normalized spacial score (nSPS) is 27.3. The summed E-state index contributed by atoms with van der Waals surface area (Å²) in [6, 6.07) is 2.91. The van der Waals surface area contributed by atoms with E-state index >= 15 is 0 Å². The number of nitrogens with one attached hydrogen (secondary N) is 1. The third kappa shape index (κ3) is 5.84. The number of carbonyl (C=O) groups is 2. The first-order valence-electron chi connectivity index (χ1n) is 8.75. The zero-order chi connectivity index (χ0) is 22.6. The summed E-state index contributed by atoms with van der Waals surface area (Å²) in [5, 5.41) is 64.5. The summed E-state index contributed by atoms with van der Waals surface area (Å²) in [6.45, 7) is 0.179. The topological polar surface area (TPSA) is 248 Å². The summed E-state index contributed by atoms with van der Waals surface area (Å²) in [5.74, 6) is -5.45. The Kier molecular flexibility index (Phi) is 8.80. The van der Waals surface area contributed by atoms with E-state index in [0.29, 0.717) is 0 Å². The monoisotopic (exact) mass is 447 g/mol. The number of benzene rings is 1. The first-order chi connectivity index (χ1) is 14.0. The molecule has 0 aromatic heterocycles. The second kappa shape index (κ2) is 10.4. The van der Waals surface area contributed by atoms with Crippen LogP contribution in [0.15, 0.2) is 24.3 Å². The number of hydrogen-bond donors (Lipinski definition) is 6. The highest BCUT2D eigenvalue weighted by atomic mass is 16.7. The number of aliphatic carboxylic acids is 1. The van der Waals surface area contributed by atoms with Crippen molar-refractivity contribution in [3.05, 3.63) is 34.4 Å². The van der Waals surface area contributed by atoms with Crippen LogP contribution >= 0.6 is 0 Å². The molecule has 6 atom stereocenters. The quantitative estimate of drug-likeness (QED) is 0.175. The number of nitro benzene ring substituents is 1. The summed E-state index contributed by atoms with van der Waals surface area (Å²) >= 11 is 0. The van der Waals surface area contributed by atoms with E-state index in [4.69, 9.17) is 14.6 Å². The number of carboxylic acid groups (broad SMARTS) is 1. The van der Waals surface area contributed by atoms with Gasteiger partial charge in [-0.15, -0.1) is 0 Å². The fourth-order valence-electron chi connectivity index (χ4n) is 3.05. The SMILES string of the molecule is CC(=O)NC1[C@H]([C@H](O)[C@H](O)CO)O[C@@](Oc2ccc([N+](=O)[O-])cc2)(C(=O)[O-])C[C@@H]1O.[NH4+]. The minimum Gasteiger partial charge on any atom is -0.543 e. The molecule has 1 heterocycles. The molecule has 1 aromatic carbocycles. The molecule has 9 N–H and O–H groups in total. The average Bonchev–Trinajstić information content (AvgIpc) is 2.68. The lowest BCUT2D eigenvalue weighted by Crippen LogP contribution is -2.70. The third-order valence-corrected chi connectivity index (χ3v) is 4.50. The Bertz CT molecular complexity index is 790. The van der Waals surface area contributed by atoms with Gasteiger partial charge < -0.3 is 51.3 Å². The van der Waals surface area contributed by atoms with Gasteiger partial charge >= 0.3 is 0 Å². The second-order valence-electron chi connectivity index (χ2n) is 6.71. The Morgan fingerprint density at radius 2 is 1.94 bits per heavy atom. The van der Waals surface area contributed by atoms with Crippen LogP contribution in [-0.2, 0) is 14.3 Å². The maximum atomic E-state index is 11.9. The molecule has 1 aliphatic rings. The summed E-state index contributed by atoms with van der Waals surface area (Å²) in [6.07, 6.45) is -7.84. The lowest BCUT2D eigenvalue weighted by Gasteiger charge is -2.48. The van der Waals surface area contributed by atoms with Crippen LogP contribution in [0.1, 0.15) is 13.3 Å². The minimum atomic E-state index is -2.68. The van der Waals surface area contributed by atoms with Crippen LogP contribution in [0.2, 0.25) is 0 Å². The largest absolute Gasteiger partial charge is 0.543 e. The fraction of sp³-hybridized carbons (Fsp3) is 0.529. The van der Waals surface area contributed by atoms with Crippen molar-refractivity contribution in [1.29, 1.82) is 0 Å². The molecule has 1 aromatic rings. The highest BCUT2D eigenvalue weighted by Crippen LogP contribution is 2.34. The highest BCUT2D eigenvalue weighted by Gasteiger charge is 2.53. The molecule has 1 fully saturated rings. The van der Waals surface area contributed by atoms with E-state index in [9.17, 15) is 40.1 Å². The number of amides is 1. The number of aliphatic hydroxyl groups is 4. The van der Waals surface area contributed by atoms with Gasteiger partial charge in [0.1, 0.15) is 30.0 Å². The zero-order valence-corrected chi connectivity index (χ0v) is 16.7. The van der Waals surface area contributed by atoms with Crippen molar-refractivity contribution >= 4 is 17.6 Å². The van der Waals surface area contributed by atoms with Crippen molar-refractivity contribution in [2.45, 2.75) is 49.6 Å². The van der Waals surface area contributed by atoms with Crippen LogP contribution in [0.4, 0.5) is 5.69 Å². The molecule has 0 radical (unpaired) electrons. The van der Waals surface area contributed by atoms with Crippen LogP contribution in [0.5, 0.6) is 5.75 Å². The first kappa shape index (κ1) is 26.2. The zero-order valence-electron chi connectivity index (χ0n) is 16.7. The van der Waals surface area contributed by atoms with E-state index in [1.54, 1.807) is 0 Å². The molecule has 1 unspecified atom stereocenters. The molecule has 174 valence electrons. The number of rotatable bonds is 8. The maximum absolute atomic E-state index is 11.9. The maximum Gasteiger partial charge on any atom is 0.269 e. The molecule has 1 aliphatic heterocycles. The molecule has 1 saturated heterocycles. The van der Waals surface area contributed by atoms with E-state index in [-0.39, 0.29) is 17.6 Å². The van der Waals surface area contributed by atoms with Gasteiger partial charge in [0.15, 0.2) is 0 Å². The van der Waals surface area contributed by atoms with Gasteiger partial charge in [-0.25, -0.2) is 0 Å². The Morgan fingerprint density at radius 1 is 1.35 bits per heavy atom. The van der Waals surface area contributed by atoms with Gasteiger partial charge in [-0.2, -0.15) is 0 Å². The van der Waals surface area contributed by atoms with Crippen LogP contribution < -0.4 is 21.3 Å². The number of nitro groups is 1. The molecule has 0 bridgehead atoms. The number of non-ortho nitro benzene ring substituents is 1. The molecule has 31 heavy (non-hydrogen) atoms. The van der Waals surface area contributed by atoms with Crippen LogP contribution in [0, 0.1) is 10.1 Å². The van der Waals surface area contributed by atoms with Crippen molar-refractivity contribution in [2.24, 2.45) is 0 Å². The van der Waals surface area contributed by atoms with Crippen LogP contribution in [0.3, 0.4) is 0 Å². The predicted octanol–water partition coefficient (Wildman–Crippen LogP) is -2.84. The lowest BCUT2D eigenvalue weighted by atomic mass is 9.88. The lowest BCUT2D eigenvalue weighted by molar-refractivity contribution is -0.385. The summed E-state index contributed by atoms with van der Waals surface area (Å²) in [5.41, 5.74) is -0.292. The Balaban J connectivity index is 0.00000480. The van der Waals surface area contributed by atoms with E-state index in [2.05, 4.69) is 5.32 Å². The Morgan fingerprint density at radius 3 is 2.39 bits per heavy atom. The molecule has 14 heteroatoms. The fourth-order valence-corrected chi connectivity index (χ4v) is 3.05. The summed E-state index contributed by atoms with van der Waals surface area (Å²) in [7, 11) is 0. The van der Waals surface area contributed by atoms with Crippen LogP contribution in [-0.4, -0.2) is 80.1 Å². The standard InChI is InChI=1S/C17H22N2O11.H3N/c1-8(21)18-13-11(22)6-17(16(25)26,30-15(13)14(24)12(23)7-20)29-10-4-2-9(3-5-10)19(27)28;/h2-5,11-15,20,22-24H,6-7H2,1H3,(H,18,21)(H,25,26);1H3/t11-,12+,13?,14+,15+,17+;/m0./s1. The first-order valence-corrected chi connectivity index (χ1v) is 8.75. The van der Waals surface area contributed by atoms with Gasteiger partial charge in [0, 0.05) is 25.5 Å². The van der Waals surface area contributed by atoms with Gasteiger partial charge in [-0.1, -0.05) is 0 Å². The van der Waals surface area contributed by atoms with Crippen molar-refractivity contribution in [2.75, 3.05) is 6.61 Å². The third-order valence-electron chi connectivity index (χ3n) is 4.50. The van der Waals surface area contributed by atoms with Crippen LogP contribution in [0.25, 0.3) is 0 Å². The number of quaternary nitrogens is 1. The molecule has 0 saturated carbocycles. The Labute approximate surface area is 175 Å². The molecule has 1 amide bonds. The van der Waals surface area contributed by atoms with Crippen molar-refractivity contribution in [1.82, 2.24) is 11.5 Å². The molecule has 2 rings (SSSR count). The predicted molar refractivity (Wildman–Crippen MR) is 99.6 cm³/mol. The average molecular weight is 447 g/mol. The number of aliphatic hydroxyl groups excluding tert-OH is 4. The number of carboxylic acids is 1. The molecular formula is C17H25N3O11. The minimum absolute atomic E-state index is 0. The molecule has 0 aliphatic carbocycles. The highest BCUT2D eigenvalue weighted by molar-refractivity contribution is 5.75. The number of hydrogen-bond acceptors (Lipinski definition) is 11. The summed E-state index contributed by atoms with van der Waals surface area (Å²) < 4.78 is 10.7. The Hall–Kier alpha value is -2.88. The number of carbonyl (C=O) groups excluding carboxylic acids is 2. The molecule has 0 spiro atoms. The molecular weight excluding hydrogens is 422 g/mol. The van der Waals surface area contributed by atoms with Crippen molar-refractivity contribution < 1.29 is 49.5 Å². The number of nitrogens with zero attached hydrogens (tertiary/aromatic N) is 1. The van der Waals surface area contributed by atoms with Gasteiger partial charge in [0.25, 0.3) is 11.5 Å². The van der Waals surface area contributed by atoms with E-state index in [1.165, 1.54) is 0 Å². The van der Waals surface area contributed by atoms with Gasteiger partial charge in [-0.3, -0.25) is 14.9 Å². The molecule has 14 nitrogen and oxygen atoms in total. The number of ether oxygens (including phenoxy) is 2. The summed E-state index contributed by atoms with van der Waals surface area (Å²) in [4.78, 5) is 33.4. The smallest absolute Gasteiger partial charge is 0.269 e. The van der Waals surface area contributed by atoms with E-state index in [1.807, 2.05) is 0 Å². The van der Waals surface area contributed by atoms with Crippen molar-refractivity contribution in [3.8, 4) is 5.75 Å². The van der Waals surface area contributed by atoms with Gasteiger partial charge in [0.05, 0.1) is 23.7 Å². The van der Waals surface area contributed by atoms with Crippen molar-refractivity contribution in [3.63, 3.8) is 0 Å². The van der Waals surface area contributed by atoms with E-state index < -0.39 is 66.1 Å². The van der Waals surface area contributed by atoms with E-state index in [0.717, 1.165) is 31.2 Å². The van der Waals surface area contributed by atoms with Gasteiger partial charge in [-0.05, 0) is 12.1 Å². The second-order valence-corrected chi connectivity index (χ2v) is 6.71. The van der Waals surface area contributed by atoms with Gasteiger partial charge in [0.2, 0.25) is 5.91 Å².